The SMILES string of the molecule is Nc1nc(Cl)nc2c1ncn2C1CCC(C(=O)Nc2nc3c(s2)CC(F)(F)CC3)CC1. The van der Waals surface area contributed by atoms with Gasteiger partial charge in [-0.1, -0.05) is 0 Å². The summed E-state index contributed by atoms with van der Waals surface area (Å²) < 4.78 is 29.2. The smallest absolute Gasteiger partial charge is 0.253 e. The van der Waals surface area contributed by atoms with Crippen LogP contribution in [-0.4, -0.2) is 36.3 Å². The van der Waals surface area contributed by atoms with Crippen molar-refractivity contribution < 1.29 is 13.6 Å². The van der Waals surface area contributed by atoms with Crippen LogP contribution in [0.25, 0.3) is 11.2 Å². The zero-order valence-electron chi connectivity index (χ0n) is 16.4. The molecular weight excluding hydrogens is 448 g/mol. The van der Waals surface area contributed by atoms with E-state index in [1.807, 2.05) is 4.57 Å². The predicted octanol–water partition coefficient (Wildman–Crippen LogP) is 4.01. The van der Waals surface area contributed by atoms with Crippen molar-refractivity contribution in [2.45, 2.75) is 56.9 Å². The van der Waals surface area contributed by atoms with Gasteiger partial charge >= 0.3 is 0 Å². The molecule has 5 rings (SSSR count). The largest absolute Gasteiger partial charge is 0.382 e. The number of nitrogens with one attached hydrogen (secondary N) is 1. The van der Waals surface area contributed by atoms with Crippen molar-refractivity contribution in [3.63, 3.8) is 0 Å². The lowest BCUT2D eigenvalue weighted by Gasteiger charge is -2.28. The molecule has 1 fully saturated rings. The number of alkyl halides is 2. The number of anilines is 2. The van der Waals surface area contributed by atoms with Gasteiger partial charge in [-0.2, -0.15) is 9.97 Å². The van der Waals surface area contributed by atoms with E-state index in [4.69, 9.17) is 17.3 Å². The Bertz CT molecular complexity index is 1160. The van der Waals surface area contributed by atoms with Gasteiger partial charge < -0.3 is 15.6 Å². The van der Waals surface area contributed by atoms with Gasteiger partial charge in [-0.25, -0.2) is 18.7 Å². The Hall–Kier alpha value is -2.40. The Morgan fingerprint density at radius 1 is 1.26 bits per heavy atom. The van der Waals surface area contributed by atoms with Gasteiger partial charge in [0.15, 0.2) is 16.6 Å². The van der Waals surface area contributed by atoms with E-state index in [1.54, 1.807) is 6.33 Å². The van der Waals surface area contributed by atoms with E-state index in [0.29, 0.717) is 39.7 Å². The van der Waals surface area contributed by atoms with Crippen molar-refractivity contribution in [3.05, 3.63) is 22.2 Å². The molecule has 8 nitrogen and oxygen atoms in total. The number of carbonyl (C=O) groups excluding carboxylic acids is 1. The molecule has 12 heteroatoms. The summed E-state index contributed by atoms with van der Waals surface area (Å²) in [6.07, 6.45) is 4.37. The first kappa shape index (κ1) is 20.5. The fourth-order valence-corrected chi connectivity index (χ4v) is 5.66. The molecule has 0 aliphatic heterocycles. The molecule has 3 heterocycles. The van der Waals surface area contributed by atoms with Crippen LogP contribution in [-0.2, 0) is 17.6 Å². The second kappa shape index (κ2) is 7.63. The number of nitrogens with zero attached hydrogens (tertiary/aromatic N) is 5. The van der Waals surface area contributed by atoms with Crippen LogP contribution in [0.15, 0.2) is 6.33 Å². The minimum Gasteiger partial charge on any atom is -0.382 e. The zero-order chi connectivity index (χ0) is 21.8. The van der Waals surface area contributed by atoms with Gasteiger partial charge in [-0.15, -0.1) is 11.3 Å². The second-order valence-corrected chi connectivity index (χ2v) is 9.54. The highest BCUT2D eigenvalue weighted by molar-refractivity contribution is 7.15. The van der Waals surface area contributed by atoms with Crippen molar-refractivity contribution in [1.82, 2.24) is 24.5 Å². The van der Waals surface area contributed by atoms with Crippen molar-refractivity contribution in [2.75, 3.05) is 11.1 Å². The fourth-order valence-electron chi connectivity index (χ4n) is 4.40. The molecule has 2 aliphatic rings. The molecule has 31 heavy (non-hydrogen) atoms. The standard InChI is InChI=1S/C19H20ClF2N7OS/c20-17-26-14(23)13-15(27-17)29(8-24-13)10-3-1-9(2-4-10)16(30)28-18-25-11-5-6-19(21,22)7-12(11)31-18/h8-10H,1-7H2,(H2,23,26,27)(H,25,28,30). The first-order chi connectivity index (χ1) is 14.8. The van der Waals surface area contributed by atoms with E-state index in [0.717, 1.165) is 24.2 Å². The molecule has 0 saturated heterocycles. The molecule has 0 radical (unpaired) electrons. The number of aromatic nitrogens is 5. The second-order valence-electron chi connectivity index (χ2n) is 8.12. The summed E-state index contributed by atoms with van der Waals surface area (Å²) in [5.41, 5.74) is 7.67. The normalized spacial score (nSPS) is 22.9. The lowest BCUT2D eigenvalue weighted by Crippen LogP contribution is -2.28. The Balaban J connectivity index is 1.23. The molecule has 0 spiro atoms. The van der Waals surface area contributed by atoms with Crippen molar-refractivity contribution in [1.29, 1.82) is 0 Å². The summed E-state index contributed by atoms with van der Waals surface area (Å²) in [5, 5.41) is 3.33. The molecule has 164 valence electrons. The van der Waals surface area contributed by atoms with Crippen LogP contribution in [0.3, 0.4) is 0 Å². The third-order valence-electron chi connectivity index (χ3n) is 6.04. The monoisotopic (exact) mass is 467 g/mol. The summed E-state index contributed by atoms with van der Waals surface area (Å²) in [5.74, 6) is -2.71. The number of hydrogen-bond acceptors (Lipinski definition) is 7. The van der Waals surface area contributed by atoms with E-state index in [9.17, 15) is 13.6 Å². The number of hydrogen-bond donors (Lipinski definition) is 2. The number of nitrogens with two attached hydrogens (primary N) is 1. The summed E-state index contributed by atoms with van der Waals surface area (Å²) >= 11 is 7.10. The van der Waals surface area contributed by atoms with E-state index in [-0.39, 0.29) is 48.2 Å². The van der Waals surface area contributed by atoms with Gasteiger partial charge in [0.2, 0.25) is 11.2 Å². The number of nitrogen functional groups attached to an aromatic ring is 1. The maximum Gasteiger partial charge on any atom is 0.253 e. The molecule has 0 aromatic carbocycles. The van der Waals surface area contributed by atoms with Crippen LogP contribution in [0, 0.1) is 5.92 Å². The Labute approximate surface area is 185 Å². The van der Waals surface area contributed by atoms with Gasteiger partial charge in [-0.3, -0.25) is 4.79 Å². The average Bonchev–Trinajstić information content (AvgIpc) is 3.30. The van der Waals surface area contributed by atoms with E-state index >= 15 is 0 Å². The molecule has 2 aliphatic carbocycles. The Morgan fingerprint density at radius 3 is 2.81 bits per heavy atom. The molecule has 3 aromatic heterocycles. The van der Waals surface area contributed by atoms with E-state index in [1.165, 1.54) is 0 Å². The minimum absolute atomic E-state index is 0.0729. The number of halogens is 3. The first-order valence-electron chi connectivity index (χ1n) is 10.1. The molecule has 0 bridgehead atoms. The highest BCUT2D eigenvalue weighted by atomic mass is 35.5. The van der Waals surface area contributed by atoms with E-state index in [2.05, 4.69) is 25.3 Å². The lowest BCUT2D eigenvalue weighted by atomic mass is 9.85. The number of rotatable bonds is 3. The zero-order valence-corrected chi connectivity index (χ0v) is 18.0. The van der Waals surface area contributed by atoms with Crippen LogP contribution in [0.5, 0.6) is 0 Å². The number of imidazole rings is 1. The molecule has 3 N–H and O–H groups in total. The van der Waals surface area contributed by atoms with Crippen LogP contribution < -0.4 is 11.1 Å². The summed E-state index contributed by atoms with van der Waals surface area (Å²) in [7, 11) is 0. The lowest BCUT2D eigenvalue weighted by molar-refractivity contribution is -0.121. The number of thiazole rings is 1. The average molecular weight is 468 g/mol. The number of carbonyl (C=O) groups is 1. The third-order valence-corrected chi connectivity index (χ3v) is 7.22. The Kier molecular flexibility index (Phi) is 5.04. The maximum atomic E-state index is 13.6. The topological polar surface area (TPSA) is 112 Å². The van der Waals surface area contributed by atoms with E-state index < -0.39 is 5.92 Å². The minimum atomic E-state index is -2.68. The Morgan fingerprint density at radius 2 is 2.03 bits per heavy atom. The van der Waals surface area contributed by atoms with Gasteiger partial charge in [0.25, 0.3) is 5.92 Å². The number of aryl methyl sites for hydroxylation is 1. The first-order valence-corrected chi connectivity index (χ1v) is 11.3. The predicted molar refractivity (Wildman–Crippen MR) is 113 cm³/mol. The number of fused-ring (bicyclic) bond motifs is 2. The van der Waals surface area contributed by atoms with Crippen molar-refractivity contribution >= 4 is 51.0 Å². The van der Waals surface area contributed by atoms with Gasteiger partial charge in [-0.05, 0) is 43.7 Å². The molecule has 0 unspecified atom stereocenters. The van der Waals surface area contributed by atoms with Gasteiger partial charge in [0.1, 0.15) is 5.52 Å². The van der Waals surface area contributed by atoms with Crippen molar-refractivity contribution in [2.24, 2.45) is 5.92 Å². The maximum absolute atomic E-state index is 13.6. The van der Waals surface area contributed by atoms with Crippen LogP contribution in [0.4, 0.5) is 19.7 Å². The summed E-state index contributed by atoms with van der Waals surface area (Å²) in [6.45, 7) is 0. The van der Waals surface area contributed by atoms with Crippen molar-refractivity contribution in [3.8, 4) is 0 Å². The summed E-state index contributed by atoms with van der Waals surface area (Å²) in [6, 6.07) is 0.133. The molecule has 0 atom stereocenters. The summed E-state index contributed by atoms with van der Waals surface area (Å²) in [4.78, 5) is 30.2. The molecule has 3 aromatic rings. The molecule has 1 saturated carbocycles. The van der Waals surface area contributed by atoms with Gasteiger partial charge in [0, 0.05) is 29.7 Å². The van der Waals surface area contributed by atoms with Crippen LogP contribution in [0.2, 0.25) is 5.28 Å². The highest BCUT2D eigenvalue weighted by Gasteiger charge is 2.36. The van der Waals surface area contributed by atoms with Crippen LogP contribution in [0.1, 0.15) is 48.7 Å². The molecular formula is C19H20ClF2N7OS. The third kappa shape index (κ3) is 3.96. The molecule has 1 amide bonds. The highest BCUT2D eigenvalue weighted by Crippen LogP contribution is 2.38. The van der Waals surface area contributed by atoms with Gasteiger partial charge in [0.05, 0.1) is 12.0 Å². The number of amides is 1. The quantitative estimate of drug-likeness (QED) is 0.563. The fraction of sp³-hybridized carbons (Fsp3) is 0.526. The van der Waals surface area contributed by atoms with Crippen LogP contribution >= 0.6 is 22.9 Å².